The summed E-state index contributed by atoms with van der Waals surface area (Å²) in [4.78, 5) is 6.72. The van der Waals surface area contributed by atoms with Gasteiger partial charge in [-0.3, -0.25) is 9.89 Å². The van der Waals surface area contributed by atoms with E-state index in [0.717, 1.165) is 22.9 Å². The van der Waals surface area contributed by atoms with E-state index in [2.05, 4.69) is 22.0 Å². The third-order valence-corrected chi connectivity index (χ3v) is 3.41. The Labute approximate surface area is 112 Å². The molecule has 0 aromatic heterocycles. The van der Waals surface area contributed by atoms with E-state index >= 15 is 0 Å². The number of hydrogen-bond donors (Lipinski definition) is 0. The molecule has 0 bridgehead atoms. The Morgan fingerprint density at radius 2 is 1.53 bits per heavy atom. The van der Waals surface area contributed by atoms with Gasteiger partial charge < -0.3 is 4.74 Å². The molecule has 2 aliphatic rings. The van der Waals surface area contributed by atoms with E-state index in [1.54, 1.807) is 0 Å². The van der Waals surface area contributed by atoms with Crippen molar-refractivity contribution in [2.75, 3.05) is 4.90 Å². The van der Waals surface area contributed by atoms with Crippen molar-refractivity contribution in [1.82, 2.24) is 0 Å². The zero-order valence-corrected chi connectivity index (χ0v) is 10.5. The van der Waals surface area contributed by atoms with Crippen LogP contribution in [0, 0.1) is 0 Å². The maximum absolute atomic E-state index is 5.93. The summed E-state index contributed by atoms with van der Waals surface area (Å²) in [5, 5.41) is 0. The molecule has 4 rings (SSSR count). The first-order chi connectivity index (χ1) is 9.42. The molecule has 0 radical (unpaired) electrons. The lowest BCUT2D eigenvalue weighted by Gasteiger charge is -2.29. The lowest BCUT2D eigenvalue weighted by atomic mass is 10.2. The maximum atomic E-state index is 5.93. The SMILES string of the molecule is C(=N\C1CC1)/N1c2ccccc2Oc2ccccc21. The van der Waals surface area contributed by atoms with Crippen molar-refractivity contribution in [2.45, 2.75) is 18.9 Å². The van der Waals surface area contributed by atoms with Gasteiger partial charge in [-0.2, -0.15) is 0 Å². The second-order valence-electron chi connectivity index (χ2n) is 4.90. The summed E-state index contributed by atoms with van der Waals surface area (Å²) in [5.41, 5.74) is 2.09. The van der Waals surface area contributed by atoms with E-state index in [9.17, 15) is 0 Å². The topological polar surface area (TPSA) is 24.8 Å². The minimum Gasteiger partial charge on any atom is -0.453 e. The van der Waals surface area contributed by atoms with E-state index in [1.165, 1.54) is 12.8 Å². The number of anilines is 2. The average molecular weight is 250 g/mol. The molecule has 0 saturated heterocycles. The Balaban J connectivity index is 1.82. The Morgan fingerprint density at radius 1 is 0.947 bits per heavy atom. The van der Waals surface area contributed by atoms with Crippen molar-refractivity contribution in [3.05, 3.63) is 48.5 Å². The molecule has 0 atom stereocenters. The Morgan fingerprint density at radius 3 is 2.11 bits per heavy atom. The molecule has 0 N–H and O–H groups in total. The van der Waals surface area contributed by atoms with E-state index in [0.29, 0.717) is 6.04 Å². The molecule has 3 nitrogen and oxygen atoms in total. The molecular formula is C16H14N2O. The van der Waals surface area contributed by atoms with Gasteiger partial charge in [0, 0.05) is 0 Å². The molecular weight excluding hydrogens is 236 g/mol. The minimum atomic E-state index is 0.516. The van der Waals surface area contributed by atoms with Crippen LogP contribution in [-0.4, -0.2) is 12.4 Å². The maximum Gasteiger partial charge on any atom is 0.151 e. The number of benzene rings is 2. The van der Waals surface area contributed by atoms with Crippen molar-refractivity contribution in [3.8, 4) is 11.5 Å². The summed E-state index contributed by atoms with van der Waals surface area (Å²) < 4.78 is 5.93. The second-order valence-corrected chi connectivity index (χ2v) is 4.90. The summed E-state index contributed by atoms with van der Waals surface area (Å²) in [6.45, 7) is 0. The fraction of sp³-hybridized carbons (Fsp3) is 0.188. The number of hydrogen-bond acceptors (Lipinski definition) is 2. The highest BCUT2D eigenvalue weighted by molar-refractivity contribution is 5.95. The van der Waals surface area contributed by atoms with Crippen LogP contribution in [0.15, 0.2) is 53.5 Å². The first-order valence-electron chi connectivity index (χ1n) is 6.60. The van der Waals surface area contributed by atoms with Crippen LogP contribution in [-0.2, 0) is 0 Å². The lowest BCUT2D eigenvalue weighted by Crippen LogP contribution is -2.19. The fourth-order valence-corrected chi connectivity index (χ4v) is 2.24. The normalized spacial score (nSPS) is 16.9. The first kappa shape index (κ1) is 10.6. The number of rotatable bonds is 2. The number of ether oxygens (including phenoxy) is 1. The van der Waals surface area contributed by atoms with Gasteiger partial charge in [-0.15, -0.1) is 0 Å². The molecule has 2 aromatic carbocycles. The predicted molar refractivity (Wildman–Crippen MR) is 76.6 cm³/mol. The summed E-state index contributed by atoms with van der Waals surface area (Å²) >= 11 is 0. The van der Waals surface area contributed by atoms with Gasteiger partial charge in [-0.1, -0.05) is 24.3 Å². The molecule has 2 aromatic rings. The zero-order chi connectivity index (χ0) is 12.7. The van der Waals surface area contributed by atoms with Gasteiger partial charge >= 0.3 is 0 Å². The summed E-state index contributed by atoms with van der Waals surface area (Å²) in [6, 6.07) is 16.6. The van der Waals surface area contributed by atoms with Gasteiger partial charge in [-0.05, 0) is 37.1 Å². The molecule has 1 fully saturated rings. The smallest absolute Gasteiger partial charge is 0.151 e. The van der Waals surface area contributed by atoms with Crippen LogP contribution in [0.4, 0.5) is 11.4 Å². The van der Waals surface area contributed by atoms with Gasteiger partial charge in [-0.25, -0.2) is 0 Å². The Kier molecular flexibility index (Phi) is 2.30. The van der Waals surface area contributed by atoms with E-state index < -0.39 is 0 Å². The van der Waals surface area contributed by atoms with Crippen LogP contribution in [0.25, 0.3) is 0 Å². The number of fused-ring (bicyclic) bond motifs is 2. The van der Waals surface area contributed by atoms with Gasteiger partial charge in [0.15, 0.2) is 11.5 Å². The molecule has 0 unspecified atom stereocenters. The van der Waals surface area contributed by atoms with Crippen molar-refractivity contribution < 1.29 is 4.74 Å². The highest BCUT2D eigenvalue weighted by Gasteiger charge is 2.24. The molecule has 1 saturated carbocycles. The average Bonchev–Trinajstić information content (AvgIpc) is 3.27. The molecule has 1 aliphatic heterocycles. The molecule has 0 spiro atoms. The van der Waals surface area contributed by atoms with Crippen LogP contribution in [0.2, 0.25) is 0 Å². The van der Waals surface area contributed by atoms with Crippen LogP contribution < -0.4 is 9.64 Å². The third kappa shape index (κ3) is 1.87. The molecule has 3 heteroatoms. The highest BCUT2D eigenvalue weighted by Crippen LogP contribution is 2.45. The summed E-state index contributed by atoms with van der Waals surface area (Å²) in [6.07, 6.45) is 4.37. The van der Waals surface area contributed by atoms with E-state index in [-0.39, 0.29) is 0 Å². The molecule has 19 heavy (non-hydrogen) atoms. The second kappa shape index (κ2) is 4.12. The van der Waals surface area contributed by atoms with Crippen molar-refractivity contribution in [1.29, 1.82) is 0 Å². The van der Waals surface area contributed by atoms with Gasteiger partial charge in [0.2, 0.25) is 0 Å². The first-order valence-corrected chi connectivity index (χ1v) is 6.60. The monoisotopic (exact) mass is 250 g/mol. The van der Waals surface area contributed by atoms with Gasteiger partial charge in [0.1, 0.15) is 0 Å². The molecule has 1 aliphatic carbocycles. The van der Waals surface area contributed by atoms with Crippen molar-refractivity contribution in [2.24, 2.45) is 4.99 Å². The molecule has 1 heterocycles. The minimum absolute atomic E-state index is 0.516. The van der Waals surface area contributed by atoms with Crippen molar-refractivity contribution in [3.63, 3.8) is 0 Å². The standard InChI is InChI=1S/C16H14N2O/c1-3-7-15-13(5-1)18(11-17-12-9-10-12)14-6-2-4-8-16(14)19-15/h1-8,11-12H,9-10H2/b17-11+. The number of aliphatic imine (C=N–C) groups is 1. The van der Waals surface area contributed by atoms with Crippen LogP contribution in [0.5, 0.6) is 11.5 Å². The largest absolute Gasteiger partial charge is 0.453 e. The van der Waals surface area contributed by atoms with Crippen molar-refractivity contribution >= 4 is 17.7 Å². The predicted octanol–water partition coefficient (Wildman–Crippen LogP) is 4.12. The summed E-state index contributed by atoms with van der Waals surface area (Å²) in [7, 11) is 0. The number of nitrogens with zero attached hydrogens (tertiary/aromatic N) is 2. The Bertz CT molecular complexity index is 601. The quantitative estimate of drug-likeness (QED) is 0.591. The van der Waals surface area contributed by atoms with Crippen LogP contribution in [0.3, 0.4) is 0 Å². The molecule has 0 amide bonds. The zero-order valence-electron chi connectivity index (χ0n) is 10.5. The third-order valence-electron chi connectivity index (χ3n) is 3.41. The fourth-order valence-electron chi connectivity index (χ4n) is 2.24. The molecule has 94 valence electrons. The van der Waals surface area contributed by atoms with Crippen LogP contribution >= 0.6 is 0 Å². The van der Waals surface area contributed by atoms with Gasteiger partial charge in [0.05, 0.1) is 23.8 Å². The Hall–Kier alpha value is -2.29. The van der Waals surface area contributed by atoms with E-state index in [4.69, 9.17) is 4.74 Å². The summed E-state index contributed by atoms with van der Waals surface area (Å²) in [5.74, 6) is 1.76. The van der Waals surface area contributed by atoms with E-state index in [1.807, 2.05) is 42.7 Å². The highest BCUT2D eigenvalue weighted by atomic mass is 16.5. The lowest BCUT2D eigenvalue weighted by molar-refractivity contribution is 0.478. The van der Waals surface area contributed by atoms with Gasteiger partial charge in [0.25, 0.3) is 0 Å². The number of para-hydroxylation sites is 4. The van der Waals surface area contributed by atoms with Crippen LogP contribution in [0.1, 0.15) is 12.8 Å².